The maximum atomic E-state index is 6.40. The molecule has 0 saturated carbocycles. The number of aromatic nitrogens is 4. The molecule has 0 amide bonds. The van der Waals surface area contributed by atoms with E-state index in [1.165, 1.54) is 20.9 Å². The Balaban J connectivity index is 1.34. The SMILES string of the molecule is Cc1ncc(C2OCC(C3COC(c4cnc(C)[nH]4)c4ccsc43)c3sccc32)[nH]1. The molecular weight excluding hydrogens is 416 g/mol. The molecule has 2 N–H and O–H groups in total. The van der Waals surface area contributed by atoms with Gasteiger partial charge in [0.25, 0.3) is 0 Å². The monoisotopic (exact) mass is 438 g/mol. The number of thiophene rings is 2. The zero-order valence-electron chi connectivity index (χ0n) is 16.7. The van der Waals surface area contributed by atoms with E-state index in [9.17, 15) is 0 Å². The van der Waals surface area contributed by atoms with Gasteiger partial charge in [0, 0.05) is 32.7 Å². The van der Waals surface area contributed by atoms with Crippen LogP contribution in [0.1, 0.15) is 68.0 Å². The lowest BCUT2D eigenvalue weighted by Gasteiger charge is -2.37. The van der Waals surface area contributed by atoms with Crippen molar-refractivity contribution in [3.8, 4) is 0 Å². The predicted octanol–water partition coefficient (Wildman–Crippen LogP) is 4.98. The van der Waals surface area contributed by atoms with Gasteiger partial charge in [0.2, 0.25) is 0 Å². The van der Waals surface area contributed by atoms with Crippen LogP contribution in [0.5, 0.6) is 0 Å². The second kappa shape index (κ2) is 7.16. The number of nitrogens with zero attached hydrogens (tertiary/aromatic N) is 2. The van der Waals surface area contributed by atoms with Crippen molar-refractivity contribution in [2.24, 2.45) is 0 Å². The minimum atomic E-state index is -0.0725. The minimum absolute atomic E-state index is 0.0725. The summed E-state index contributed by atoms with van der Waals surface area (Å²) in [6.45, 7) is 5.29. The first-order valence-corrected chi connectivity index (χ1v) is 11.9. The lowest BCUT2D eigenvalue weighted by molar-refractivity contribution is 0.0125. The van der Waals surface area contributed by atoms with E-state index in [0.717, 1.165) is 23.0 Å². The molecule has 4 atom stereocenters. The van der Waals surface area contributed by atoms with Gasteiger partial charge in [-0.2, -0.15) is 0 Å². The van der Waals surface area contributed by atoms with Gasteiger partial charge < -0.3 is 19.4 Å². The van der Waals surface area contributed by atoms with Crippen molar-refractivity contribution in [1.29, 1.82) is 0 Å². The highest BCUT2D eigenvalue weighted by molar-refractivity contribution is 7.10. The van der Waals surface area contributed by atoms with Gasteiger partial charge in [0.1, 0.15) is 23.9 Å². The Labute approximate surface area is 182 Å². The van der Waals surface area contributed by atoms with E-state index in [4.69, 9.17) is 9.47 Å². The molecule has 6 heterocycles. The van der Waals surface area contributed by atoms with Gasteiger partial charge in [-0.3, -0.25) is 0 Å². The molecule has 6 rings (SSSR count). The molecule has 4 unspecified atom stereocenters. The second-order valence-electron chi connectivity index (χ2n) is 7.97. The highest BCUT2D eigenvalue weighted by Crippen LogP contribution is 2.51. The molecule has 8 heteroatoms. The Morgan fingerprint density at radius 3 is 1.67 bits per heavy atom. The molecule has 154 valence electrons. The Hall–Kier alpha value is -2.26. The third kappa shape index (κ3) is 2.90. The van der Waals surface area contributed by atoms with Crippen LogP contribution in [0.15, 0.2) is 35.3 Å². The van der Waals surface area contributed by atoms with Crippen molar-refractivity contribution >= 4 is 22.7 Å². The highest BCUT2D eigenvalue weighted by atomic mass is 32.1. The fourth-order valence-electron chi connectivity index (χ4n) is 4.69. The van der Waals surface area contributed by atoms with E-state index in [1.54, 1.807) is 0 Å². The second-order valence-corrected chi connectivity index (χ2v) is 9.86. The smallest absolute Gasteiger partial charge is 0.125 e. The summed E-state index contributed by atoms with van der Waals surface area (Å²) in [6.07, 6.45) is 3.63. The van der Waals surface area contributed by atoms with Crippen LogP contribution in [-0.2, 0) is 9.47 Å². The van der Waals surface area contributed by atoms with Crippen LogP contribution in [0.3, 0.4) is 0 Å². The van der Waals surface area contributed by atoms with E-state index in [1.807, 2.05) is 48.9 Å². The number of imidazole rings is 2. The lowest BCUT2D eigenvalue weighted by Crippen LogP contribution is -2.30. The molecule has 0 spiro atoms. The third-order valence-electron chi connectivity index (χ3n) is 6.07. The molecule has 0 aliphatic carbocycles. The van der Waals surface area contributed by atoms with Gasteiger partial charge in [0.05, 0.1) is 37.0 Å². The Kier molecular flexibility index (Phi) is 4.42. The quantitative estimate of drug-likeness (QED) is 0.473. The Morgan fingerprint density at radius 2 is 1.27 bits per heavy atom. The van der Waals surface area contributed by atoms with Crippen LogP contribution in [0.25, 0.3) is 0 Å². The van der Waals surface area contributed by atoms with Crippen molar-refractivity contribution in [2.75, 3.05) is 13.2 Å². The number of aromatic amines is 2. The normalized spacial score (nSPS) is 25.8. The lowest BCUT2D eigenvalue weighted by atomic mass is 9.82. The Morgan fingerprint density at radius 1 is 0.800 bits per heavy atom. The van der Waals surface area contributed by atoms with E-state index in [2.05, 4.69) is 42.8 Å². The fourth-order valence-corrected chi connectivity index (χ4v) is 6.85. The molecular formula is C22H22N4O2S2. The molecule has 0 fully saturated rings. The van der Waals surface area contributed by atoms with Crippen molar-refractivity contribution < 1.29 is 9.47 Å². The van der Waals surface area contributed by atoms with Crippen LogP contribution in [-0.4, -0.2) is 33.1 Å². The van der Waals surface area contributed by atoms with Gasteiger partial charge >= 0.3 is 0 Å². The molecule has 4 aromatic heterocycles. The number of hydrogen-bond donors (Lipinski definition) is 2. The minimum Gasteiger partial charge on any atom is -0.366 e. The van der Waals surface area contributed by atoms with Crippen LogP contribution in [0.4, 0.5) is 0 Å². The molecule has 6 nitrogen and oxygen atoms in total. The van der Waals surface area contributed by atoms with E-state index < -0.39 is 0 Å². The molecule has 0 aromatic carbocycles. The van der Waals surface area contributed by atoms with Gasteiger partial charge in [-0.1, -0.05) is 0 Å². The molecule has 2 aliphatic rings. The van der Waals surface area contributed by atoms with Crippen LogP contribution >= 0.6 is 22.7 Å². The first-order valence-electron chi connectivity index (χ1n) is 10.1. The largest absolute Gasteiger partial charge is 0.366 e. The highest BCUT2D eigenvalue weighted by Gasteiger charge is 2.41. The van der Waals surface area contributed by atoms with Gasteiger partial charge in [-0.25, -0.2) is 9.97 Å². The molecule has 4 aromatic rings. The van der Waals surface area contributed by atoms with E-state index >= 15 is 0 Å². The molecule has 0 saturated heterocycles. The molecule has 0 bridgehead atoms. The maximum absolute atomic E-state index is 6.40. The molecule has 2 aliphatic heterocycles. The van der Waals surface area contributed by atoms with Gasteiger partial charge in [0.15, 0.2) is 0 Å². The van der Waals surface area contributed by atoms with Crippen LogP contribution in [0, 0.1) is 13.8 Å². The first-order chi connectivity index (χ1) is 14.7. The third-order valence-corrected chi connectivity index (χ3v) is 8.20. The molecule has 30 heavy (non-hydrogen) atoms. The number of hydrogen-bond acceptors (Lipinski definition) is 6. The zero-order chi connectivity index (χ0) is 20.2. The van der Waals surface area contributed by atoms with Crippen molar-refractivity contribution in [1.82, 2.24) is 19.9 Å². The van der Waals surface area contributed by atoms with Crippen molar-refractivity contribution in [3.63, 3.8) is 0 Å². The van der Waals surface area contributed by atoms with Crippen LogP contribution in [0.2, 0.25) is 0 Å². The summed E-state index contributed by atoms with van der Waals surface area (Å²) in [5.74, 6) is 2.41. The summed E-state index contributed by atoms with van der Waals surface area (Å²) < 4.78 is 12.8. The van der Waals surface area contributed by atoms with Gasteiger partial charge in [-0.15, -0.1) is 22.7 Å². The van der Waals surface area contributed by atoms with Gasteiger partial charge in [-0.05, 0) is 36.7 Å². The molecule has 0 radical (unpaired) electrons. The van der Waals surface area contributed by atoms with Crippen LogP contribution < -0.4 is 0 Å². The number of rotatable bonds is 3. The number of aryl methyl sites for hydroxylation is 2. The number of H-pyrrole nitrogens is 2. The average Bonchev–Trinajstić information content (AvgIpc) is 3.53. The average molecular weight is 439 g/mol. The summed E-state index contributed by atoms with van der Waals surface area (Å²) in [5.41, 5.74) is 4.56. The number of nitrogens with one attached hydrogen (secondary N) is 2. The van der Waals surface area contributed by atoms with Crippen molar-refractivity contribution in [3.05, 3.63) is 79.2 Å². The fraction of sp³-hybridized carbons (Fsp3) is 0.364. The Bertz CT molecular complexity index is 1100. The standard InChI is InChI=1S/C22H22N4O2S2/c1-11-23-7-17(25-11)19-13-3-5-29-21(13)15(9-27-19)16-10-28-20(14-4-6-30-22(14)16)18-8-24-12(2)26-18/h3-8,15-16,19-20H,9-10H2,1-2H3,(H,23,25)(H,24,26). The number of fused-ring (bicyclic) bond motifs is 2. The van der Waals surface area contributed by atoms with E-state index in [-0.39, 0.29) is 12.2 Å². The first kappa shape index (κ1) is 18.5. The van der Waals surface area contributed by atoms with E-state index in [0.29, 0.717) is 25.0 Å². The topological polar surface area (TPSA) is 75.8 Å². The summed E-state index contributed by atoms with van der Waals surface area (Å²) >= 11 is 3.66. The summed E-state index contributed by atoms with van der Waals surface area (Å²) in [7, 11) is 0. The van der Waals surface area contributed by atoms with Crippen molar-refractivity contribution in [2.45, 2.75) is 37.9 Å². The predicted molar refractivity (Wildman–Crippen MR) is 116 cm³/mol. The summed E-state index contributed by atoms with van der Waals surface area (Å²) in [6, 6.07) is 4.39. The summed E-state index contributed by atoms with van der Waals surface area (Å²) in [4.78, 5) is 18.2. The number of ether oxygens (including phenoxy) is 2. The zero-order valence-corrected chi connectivity index (χ0v) is 18.3. The summed E-state index contributed by atoms with van der Waals surface area (Å²) in [5, 5.41) is 4.36. The maximum Gasteiger partial charge on any atom is 0.125 e.